The van der Waals surface area contributed by atoms with Gasteiger partial charge in [-0.25, -0.2) is 8.78 Å². The molecule has 0 aliphatic carbocycles. The van der Waals surface area contributed by atoms with Gasteiger partial charge in [0.25, 0.3) is 0 Å². The van der Waals surface area contributed by atoms with Crippen LogP contribution in [0, 0.1) is 16.8 Å². The average Bonchev–Trinajstić information content (AvgIpc) is 2.37. The highest BCUT2D eigenvalue weighted by Crippen LogP contribution is 2.27. The van der Waals surface area contributed by atoms with Crippen molar-refractivity contribution in [3.8, 4) is 11.1 Å². The molecule has 1 aromatic heterocycles. The minimum atomic E-state index is -0.666. The van der Waals surface area contributed by atoms with Crippen LogP contribution in [0.1, 0.15) is 0 Å². The van der Waals surface area contributed by atoms with Crippen LogP contribution in [-0.2, 0) is 0 Å². The Morgan fingerprint density at radius 3 is 2.32 bits per heavy atom. The van der Waals surface area contributed by atoms with E-state index in [9.17, 15) is 14.0 Å². The molecule has 3 aromatic rings. The first-order valence-electron chi connectivity index (χ1n) is 5.72. The Morgan fingerprint density at radius 1 is 0.895 bits per heavy atom. The van der Waals surface area contributed by atoms with Crippen LogP contribution in [0.2, 0.25) is 0 Å². The molecule has 0 aliphatic heterocycles. The molecule has 19 heavy (non-hydrogen) atoms. The number of halogens is 2. The number of para-hydroxylation sites is 1. The molecule has 3 rings (SSSR count). The number of pyridine rings is 1. The van der Waals surface area contributed by atoms with Crippen molar-refractivity contribution >= 4 is 10.9 Å². The fraction of sp³-hybridized carbons (Fsp3) is 0. The van der Waals surface area contributed by atoms with E-state index in [1.807, 2.05) is 0 Å². The highest BCUT2D eigenvalue weighted by molar-refractivity contribution is 5.91. The fourth-order valence-electron chi connectivity index (χ4n) is 2.18. The van der Waals surface area contributed by atoms with Gasteiger partial charge in [-0.1, -0.05) is 6.07 Å². The zero-order chi connectivity index (χ0) is 13.4. The predicted molar refractivity (Wildman–Crippen MR) is 68.3 cm³/mol. The maximum Gasteiger partial charge on any atom is 0.231 e. The summed E-state index contributed by atoms with van der Waals surface area (Å²) in [6.45, 7) is 0. The highest BCUT2D eigenvalue weighted by atomic mass is 19.1. The lowest BCUT2D eigenvalue weighted by atomic mass is 10.0. The number of rotatable bonds is 1. The van der Waals surface area contributed by atoms with Crippen LogP contribution < -0.4 is 4.73 Å². The Bertz CT molecular complexity index is 746. The zero-order valence-electron chi connectivity index (χ0n) is 9.81. The molecule has 0 N–H and O–H groups in total. The molecule has 0 saturated heterocycles. The van der Waals surface area contributed by atoms with Crippen molar-refractivity contribution in [2.75, 3.05) is 0 Å². The van der Waals surface area contributed by atoms with Crippen LogP contribution in [0.25, 0.3) is 22.0 Å². The largest absolute Gasteiger partial charge is 0.618 e. The molecule has 0 amide bonds. The Hall–Kier alpha value is -2.49. The second-order valence-electron chi connectivity index (χ2n) is 4.24. The second-order valence-corrected chi connectivity index (χ2v) is 4.24. The zero-order valence-corrected chi connectivity index (χ0v) is 9.81. The number of hydrogen-bond acceptors (Lipinski definition) is 1. The van der Waals surface area contributed by atoms with E-state index in [0.29, 0.717) is 21.4 Å². The normalized spacial score (nSPS) is 10.8. The quantitative estimate of drug-likeness (QED) is 0.484. The van der Waals surface area contributed by atoms with Gasteiger partial charge in [-0.15, -0.1) is 0 Å². The maximum atomic E-state index is 13.3. The Balaban J connectivity index is 2.36. The maximum absolute atomic E-state index is 13.3. The van der Waals surface area contributed by atoms with Crippen molar-refractivity contribution in [2.45, 2.75) is 0 Å². The number of fused-ring (bicyclic) bond motifs is 1. The first-order valence-corrected chi connectivity index (χ1v) is 5.72. The summed E-state index contributed by atoms with van der Waals surface area (Å²) >= 11 is 0. The first kappa shape index (κ1) is 11.6. The molecule has 0 atom stereocenters. The van der Waals surface area contributed by atoms with Crippen molar-refractivity contribution in [2.24, 2.45) is 0 Å². The van der Waals surface area contributed by atoms with E-state index in [4.69, 9.17) is 0 Å². The summed E-state index contributed by atoms with van der Waals surface area (Å²) in [5.41, 5.74) is 1.25. The molecule has 0 aliphatic rings. The molecule has 0 saturated carbocycles. The molecule has 4 heteroatoms. The third kappa shape index (κ3) is 2.01. The van der Waals surface area contributed by atoms with Crippen LogP contribution in [0.15, 0.2) is 54.7 Å². The van der Waals surface area contributed by atoms with E-state index >= 15 is 0 Å². The molecular formula is C15H9F2NO. The van der Waals surface area contributed by atoms with E-state index in [-0.39, 0.29) is 0 Å². The van der Waals surface area contributed by atoms with Gasteiger partial charge in [-0.2, -0.15) is 4.73 Å². The summed E-state index contributed by atoms with van der Waals surface area (Å²) in [6, 6.07) is 11.8. The molecule has 0 spiro atoms. The average molecular weight is 257 g/mol. The van der Waals surface area contributed by atoms with Crippen molar-refractivity contribution in [3.05, 3.63) is 71.6 Å². The summed E-state index contributed by atoms with van der Waals surface area (Å²) in [7, 11) is 0. The van der Waals surface area contributed by atoms with Crippen LogP contribution in [0.5, 0.6) is 0 Å². The fourth-order valence-corrected chi connectivity index (χ4v) is 2.18. The second kappa shape index (κ2) is 4.31. The minimum Gasteiger partial charge on any atom is -0.618 e. The number of benzene rings is 2. The van der Waals surface area contributed by atoms with Gasteiger partial charge < -0.3 is 5.21 Å². The predicted octanol–water partition coefficient (Wildman–Crippen LogP) is 3.42. The van der Waals surface area contributed by atoms with Crippen molar-refractivity contribution < 1.29 is 13.5 Å². The van der Waals surface area contributed by atoms with E-state index < -0.39 is 11.6 Å². The van der Waals surface area contributed by atoms with Gasteiger partial charge in [0.1, 0.15) is 11.6 Å². The summed E-state index contributed by atoms with van der Waals surface area (Å²) in [5, 5.41) is 12.6. The van der Waals surface area contributed by atoms with E-state index in [0.717, 1.165) is 11.5 Å². The lowest BCUT2D eigenvalue weighted by molar-refractivity contribution is -0.576. The van der Waals surface area contributed by atoms with Crippen molar-refractivity contribution in [3.63, 3.8) is 0 Å². The topological polar surface area (TPSA) is 26.9 Å². The monoisotopic (exact) mass is 257 g/mol. The molecule has 0 bridgehead atoms. The van der Waals surface area contributed by atoms with Crippen LogP contribution in [0.4, 0.5) is 8.78 Å². The molecule has 0 fully saturated rings. The summed E-state index contributed by atoms with van der Waals surface area (Å²) in [6.07, 6.45) is 1.36. The molecular weight excluding hydrogens is 248 g/mol. The Kier molecular flexibility index (Phi) is 2.63. The number of aromatic nitrogens is 1. The third-order valence-electron chi connectivity index (χ3n) is 2.96. The molecule has 0 radical (unpaired) electrons. The van der Waals surface area contributed by atoms with Crippen molar-refractivity contribution in [1.29, 1.82) is 0 Å². The van der Waals surface area contributed by atoms with E-state index in [1.54, 1.807) is 30.3 Å². The van der Waals surface area contributed by atoms with Gasteiger partial charge in [0.05, 0.1) is 5.56 Å². The van der Waals surface area contributed by atoms with Gasteiger partial charge in [0.2, 0.25) is 5.52 Å². The lowest BCUT2D eigenvalue weighted by Crippen LogP contribution is -2.26. The van der Waals surface area contributed by atoms with E-state index in [1.165, 1.54) is 18.3 Å². The van der Waals surface area contributed by atoms with Crippen LogP contribution in [-0.4, -0.2) is 0 Å². The Morgan fingerprint density at radius 2 is 1.58 bits per heavy atom. The highest BCUT2D eigenvalue weighted by Gasteiger charge is 2.13. The summed E-state index contributed by atoms with van der Waals surface area (Å²) in [4.78, 5) is 0. The molecule has 2 aromatic carbocycles. The first-order chi connectivity index (χ1) is 9.15. The smallest absolute Gasteiger partial charge is 0.231 e. The van der Waals surface area contributed by atoms with Crippen LogP contribution in [0.3, 0.4) is 0 Å². The van der Waals surface area contributed by atoms with Gasteiger partial charge in [0, 0.05) is 17.5 Å². The molecule has 2 nitrogen and oxygen atoms in total. The molecule has 0 unspecified atom stereocenters. The van der Waals surface area contributed by atoms with Gasteiger partial charge in [0.15, 0.2) is 6.20 Å². The van der Waals surface area contributed by atoms with Crippen molar-refractivity contribution in [1.82, 2.24) is 0 Å². The molecule has 94 valence electrons. The van der Waals surface area contributed by atoms with E-state index in [2.05, 4.69) is 0 Å². The standard InChI is InChI=1S/C15H9F2NO/c16-12-7-11(8-13(17)9-12)14-5-1-3-10-4-2-6-18(19)15(10)14/h1-9H. The number of nitrogens with zero attached hydrogens (tertiary/aromatic N) is 1. The lowest BCUT2D eigenvalue weighted by Gasteiger charge is -2.07. The SMILES string of the molecule is [O-][n+]1cccc2cccc(-c3cc(F)cc(F)c3)c21. The van der Waals surface area contributed by atoms with Gasteiger partial charge >= 0.3 is 0 Å². The summed E-state index contributed by atoms with van der Waals surface area (Å²) in [5.74, 6) is -1.33. The third-order valence-corrected chi connectivity index (χ3v) is 2.96. The van der Waals surface area contributed by atoms with Crippen LogP contribution >= 0.6 is 0 Å². The minimum absolute atomic E-state index is 0.346. The van der Waals surface area contributed by atoms with Gasteiger partial charge in [-0.3, -0.25) is 0 Å². The van der Waals surface area contributed by atoms with Gasteiger partial charge in [-0.05, 0) is 35.9 Å². The number of hydrogen-bond donors (Lipinski definition) is 0. The molecule has 1 heterocycles. The summed E-state index contributed by atoms with van der Waals surface area (Å²) < 4.78 is 27.3. The Labute approximate surface area is 108 Å².